The van der Waals surface area contributed by atoms with Crippen LogP contribution in [-0.4, -0.2) is 24.9 Å². The van der Waals surface area contributed by atoms with Gasteiger partial charge in [0.2, 0.25) is 0 Å². The number of nitrogens with one attached hydrogen (secondary N) is 1. The van der Waals surface area contributed by atoms with Crippen LogP contribution in [0.3, 0.4) is 0 Å². The number of carbonyl (C=O) groups excluding carboxylic acids is 1. The Morgan fingerprint density at radius 2 is 2.00 bits per heavy atom. The number of hydrogen-bond donors (Lipinski definition) is 1. The third-order valence-electron chi connectivity index (χ3n) is 4.44. The molecule has 27 heavy (non-hydrogen) atoms. The van der Waals surface area contributed by atoms with E-state index in [0.29, 0.717) is 34.4 Å². The lowest BCUT2D eigenvalue weighted by Crippen LogP contribution is -2.00. The van der Waals surface area contributed by atoms with Crippen LogP contribution in [0.25, 0.3) is 11.1 Å². The summed E-state index contributed by atoms with van der Waals surface area (Å²) in [5.41, 5.74) is 2.95. The Morgan fingerprint density at radius 3 is 2.63 bits per heavy atom. The van der Waals surface area contributed by atoms with Gasteiger partial charge in [-0.3, -0.25) is 4.79 Å². The summed E-state index contributed by atoms with van der Waals surface area (Å²) in [6.07, 6.45) is 2.14. The molecule has 1 aromatic heterocycles. The number of halogens is 1. The van der Waals surface area contributed by atoms with E-state index < -0.39 is 0 Å². The molecule has 0 aliphatic rings. The molecule has 4 nitrogen and oxygen atoms in total. The highest BCUT2D eigenvalue weighted by molar-refractivity contribution is 5.95. The maximum atomic E-state index is 15.4. The quantitative estimate of drug-likeness (QED) is 0.643. The minimum atomic E-state index is -0.354. The summed E-state index contributed by atoms with van der Waals surface area (Å²) in [7, 11) is 3.31. The van der Waals surface area contributed by atoms with Gasteiger partial charge in [0.1, 0.15) is 17.4 Å². The molecular formula is C22H21FN2O2. The second-order valence-corrected chi connectivity index (χ2v) is 6.23. The van der Waals surface area contributed by atoms with Gasteiger partial charge in [-0.25, -0.2) is 9.37 Å². The van der Waals surface area contributed by atoms with E-state index in [4.69, 9.17) is 4.74 Å². The zero-order valence-electron chi connectivity index (χ0n) is 15.5. The van der Waals surface area contributed by atoms with E-state index in [1.165, 1.54) is 14.0 Å². The second kappa shape index (κ2) is 7.99. The third kappa shape index (κ3) is 3.97. The fourth-order valence-electron chi connectivity index (χ4n) is 2.97. The van der Waals surface area contributed by atoms with Gasteiger partial charge < -0.3 is 10.1 Å². The monoisotopic (exact) mass is 364 g/mol. The molecule has 0 aliphatic heterocycles. The lowest BCUT2D eigenvalue weighted by molar-refractivity contribution is 0.101. The molecule has 1 heterocycles. The number of rotatable bonds is 6. The van der Waals surface area contributed by atoms with Crippen LogP contribution in [0.5, 0.6) is 5.75 Å². The van der Waals surface area contributed by atoms with Gasteiger partial charge in [0.05, 0.1) is 12.7 Å². The zero-order chi connectivity index (χ0) is 19.4. The van der Waals surface area contributed by atoms with Crippen LogP contribution in [0.1, 0.15) is 28.4 Å². The number of ketones is 1. The molecule has 3 aromatic rings. The Bertz CT molecular complexity index is 969. The molecule has 0 amide bonds. The Kier molecular flexibility index (Phi) is 5.50. The number of anilines is 1. The fraction of sp³-hybridized carbons (Fsp3) is 0.182. The smallest absolute Gasteiger partial charge is 0.159 e. The maximum absolute atomic E-state index is 15.4. The summed E-state index contributed by atoms with van der Waals surface area (Å²) >= 11 is 0. The highest BCUT2D eigenvalue weighted by Gasteiger charge is 2.17. The van der Waals surface area contributed by atoms with Crippen molar-refractivity contribution in [3.63, 3.8) is 0 Å². The second-order valence-electron chi connectivity index (χ2n) is 6.23. The SMILES string of the molecule is CNc1ccc(Cc2ccc(OC)c(-c3cccc(C(C)=O)c3)c2F)cn1. The van der Waals surface area contributed by atoms with E-state index in [0.717, 1.165) is 11.4 Å². The van der Waals surface area contributed by atoms with E-state index in [-0.39, 0.29) is 11.6 Å². The topological polar surface area (TPSA) is 51.2 Å². The standard InChI is InChI=1S/C22H21FN2O2/c1-14(26)16-5-4-6-17(12-16)21-19(27-3)9-8-18(22(21)23)11-15-7-10-20(24-2)25-13-15/h4-10,12-13H,11H2,1-3H3,(H,24,25). The van der Waals surface area contributed by atoms with Crippen molar-refractivity contribution in [2.45, 2.75) is 13.3 Å². The lowest BCUT2D eigenvalue weighted by atomic mass is 9.96. The van der Waals surface area contributed by atoms with Crippen LogP contribution in [0.15, 0.2) is 54.7 Å². The van der Waals surface area contributed by atoms with Gasteiger partial charge in [0.15, 0.2) is 5.78 Å². The van der Waals surface area contributed by atoms with Crippen LogP contribution in [0.4, 0.5) is 10.2 Å². The van der Waals surface area contributed by atoms with Crippen molar-refractivity contribution >= 4 is 11.6 Å². The molecule has 0 bridgehead atoms. The van der Waals surface area contributed by atoms with Gasteiger partial charge in [-0.2, -0.15) is 0 Å². The van der Waals surface area contributed by atoms with Crippen molar-refractivity contribution < 1.29 is 13.9 Å². The molecular weight excluding hydrogens is 343 g/mol. The number of benzene rings is 2. The molecule has 1 N–H and O–H groups in total. The number of Topliss-reactive ketones (excluding diaryl/α,β-unsaturated/α-hetero) is 1. The molecule has 0 radical (unpaired) electrons. The first kappa shape index (κ1) is 18.6. The number of nitrogens with zero attached hydrogens (tertiary/aromatic N) is 1. The lowest BCUT2D eigenvalue weighted by Gasteiger charge is -2.14. The minimum Gasteiger partial charge on any atom is -0.496 e. The van der Waals surface area contributed by atoms with E-state index in [9.17, 15) is 4.79 Å². The predicted octanol–water partition coefficient (Wildman–Crippen LogP) is 4.73. The highest BCUT2D eigenvalue weighted by Crippen LogP contribution is 2.35. The first-order chi connectivity index (χ1) is 13.0. The highest BCUT2D eigenvalue weighted by atomic mass is 19.1. The Morgan fingerprint density at radius 1 is 1.19 bits per heavy atom. The predicted molar refractivity (Wildman–Crippen MR) is 105 cm³/mol. The average Bonchev–Trinajstić information content (AvgIpc) is 2.70. The van der Waals surface area contributed by atoms with Crippen LogP contribution in [0.2, 0.25) is 0 Å². The molecule has 0 atom stereocenters. The average molecular weight is 364 g/mol. The van der Waals surface area contributed by atoms with E-state index >= 15 is 4.39 Å². The third-order valence-corrected chi connectivity index (χ3v) is 4.44. The number of pyridine rings is 1. The van der Waals surface area contributed by atoms with Gasteiger partial charge in [-0.15, -0.1) is 0 Å². The van der Waals surface area contributed by atoms with Gasteiger partial charge in [-0.1, -0.05) is 30.3 Å². The number of ether oxygens (including phenoxy) is 1. The Balaban J connectivity index is 2.04. The van der Waals surface area contributed by atoms with Crippen LogP contribution in [-0.2, 0) is 6.42 Å². The van der Waals surface area contributed by atoms with Crippen LogP contribution >= 0.6 is 0 Å². The Hall–Kier alpha value is -3.21. The molecule has 138 valence electrons. The minimum absolute atomic E-state index is 0.0666. The molecule has 0 unspecified atom stereocenters. The molecule has 0 fully saturated rings. The van der Waals surface area contributed by atoms with Gasteiger partial charge >= 0.3 is 0 Å². The van der Waals surface area contributed by atoms with Gasteiger partial charge in [0.25, 0.3) is 0 Å². The molecule has 0 saturated carbocycles. The summed E-state index contributed by atoms with van der Waals surface area (Å²) in [5, 5.41) is 2.96. The van der Waals surface area contributed by atoms with Crippen molar-refractivity contribution in [3.05, 3.63) is 77.2 Å². The number of methoxy groups -OCH3 is 1. The maximum Gasteiger partial charge on any atom is 0.159 e. The molecule has 0 aliphatic carbocycles. The molecule has 3 rings (SSSR count). The summed E-state index contributed by atoms with van der Waals surface area (Å²) in [4.78, 5) is 16.0. The van der Waals surface area contributed by atoms with Crippen LogP contribution in [0, 0.1) is 5.82 Å². The van der Waals surface area contributed by atoms with Crippen molar-refractivity contribution in [2.75, 3.05) is 19.5 Å². The zero-order valence-corrected chi connectivity index (χ0v) is 15.5. The first-order valence-electron chi connectivity index (χ1n) is 8.63. The summed E-state index contributed by atoms with van der Waals surface area (Å²) < 4.78 is 20.7. The number of carbonyl (C=O) groups is 1. The van der Waals surface area contributed by atoms with Gasteiger partial charge in [0, 0.05) is 25.2 Å². The van der Waals surface area contributed by atoms with Crippen molar-refractivity contribution in [1.29, 1.82) is 0 Å². The molecule has 5 heteroatoms. The van der Waals surface area contributed by atoms with E-state index in [1.807, 2.05) is 12.1 Å². The van der Waals surface area contributed by atoms with Gasteiger partial charge in [-0.05, 0) is 41.8 Å². The number of hydrogen-bond acceptors (Lipinski definition) is 4. The number of aromatic nitrogens is 1. The van der Waals surface area contributed by atoms with E-state index in [2.05, 4.69) is 10.3 Å². The van der Waals surface area contributed by atoms with E-state index in [1.54, 1.807) is 49.6 Å². The summed E-state index contributed by atoms with van der Waals surface area (Å²) in [5.74, 6) is 0.770. The van der Waals surface area contributed by atoms with Crippen molar-refractivity contribution in [1.82, 2.24) is 4.98 Å². The normalized spacial score (nSPS) is 10.5. The van der Waals surface area contributed by atoms with Crippen LogP contribution < -0.4 is 10.1 Å². The first-order valence-corrected chi connectivity index (χ1v) is 8.63. The summed E-state index contributed by atoms with van der Waals surface area (Å²) in [6.45, 7) is 1.49. The largest absolute Gasteiger partial charge is 0.496 e. The van der Waals surface area contributed by atoms with Crippen molar-refractivity contribution in [2.24, 2.45) is 0 Å². The molecule has 0 saturated heterocycles. The Labute approximate surface area is 158 Å². The summed E-state index contributed by atoms with van der Waals surface area (Å²) in [6, 6.07) is 14.2. The molecule has 0 spiro atoms. The van der Waals surface area contributed by atoms with Crippen molar-refractivity contribution in [3.8, 4) is 16.9 Å². The molecule has 2 aromatic carbocycles. The fourth-order valence-corrected chi connectivity index (χ4v) is 2.97.